The van der Waals surface area contributed by atoms with Crippen molar-refractivity contribution in [3.63, 3.8) is 0 Å². The molecular weight excluding hydrogens is 272 g/mol. The molecule has 110 valence electrons. The van der Waals surface area contributed by atoms with E-state index in [2.05, 4.69) is 16.9 Å². The summed E-state index contributed by atoms with van der Waals surface area (Å²) >= 11 is 0. The molecule has 1 saturated carbocycles. The van der Waals surface area contributed by atoms with Crippen LogP contribution in [-0.2, 0) is 10.0 Å². The summed E-state index contributed by atoms with van der Waals surface area (Å²) in [5.74, 6) is 0.421. The molecule has 0 radical (unpaired) electrons. The molecule has 1 aromatic rings. The molecule has 0 amide bonds. The van der Waals surface area contributed by atoms with Crippen molar-refractivity contribution in [2.75, 3.05) is 0 Å². The number of aryl methyl sites for hydroxylation is 1. The lowest BCUT2D eigenvalue weighted by atomic mass is 9.86. The summed E-state index contributed by atoms with van der Waals surface area (Å²) in [6.07, 6.45) is 5.34. The van der Waals surface area contributed by atoms with Gasteiger partial charge in [-0.1, -0.05) is 31.0 Å². The molecule has 1 aliphatic carbocycles. The quantitative estimate of drug-likeness (QED) is 0.867. The Morgan fingerprint density at radius 1 is 1.25 bits per heavy atom. The van der Waals surface area contributed by atoms with E-state index in [0.29, 0.717) is 5.92 Å². The van der Waals surface area contributed by atoms with Gasteiger partial charge in [-0.05, 0) is 50.7 Å². The van der Waals surface area contributed by atoms with E-state index >= 15 is 0 Å². The highest BCUT2D eigenvalue weighted by Crippen LogP contribution is 2.24. The van der Waals surface area contributed by atoms with Crippen LogP contribution in [0.5, 0.6) is 0 Å². The maximum atomic E-state index is 12.2. The summed E-state index contributed by atoms with van der Waals surface area (Å²) in [4.78, 5) is 2.65. The standard InChI is InChI=1S/C15H22N2O2S/c1-3-13-6-4-5-7-15(13)16-17-20(18,19)14-10-8-12(2)9-11-14/h8-11,13,17H,3-7H2,1-2H3/b16-15+. The molecule has 0 bridgehead atoms. The second kappa shape index (κ2) is 6.39. The summed E-state index contributed by atoms with van der Waals surface area (Å²) in [6.45, 7) is 4.05. The van der Waals surface area contributed by atoms with Crippen LogP contribution in [0, 0.1) is 12.8 Å². The van der Waals surface area contributed by atoms with Gasteiger partial charge in [0.2, 0.25) is 0 Å². The molecule has 1 aliphatic rings. The second-order valence-electron chi connectivity index (χ2n) is 5.36. The smallest absolute Gasteiger partial charge is 0.200 e. The number of hydrogen-bond donors (Lipinski definition) is 1. The highest BCUT2D eigenvalue weighted by atomic mass is 32.2. The first-order valence-electron chi connectivity index (χ1n) is 7.18. The molecule has 1 unspecified atom stereocenters. The number of rotatable bonds is 4. The second-order valence-corrected chi connectivity index (χ2v) is 7.02. The predicted octanol–water partition coefficient (Wildman–Crippen LogP) is 3.23. The van der Waals surface area contributed by atoms with Crippen molar-refractivity contribution < 1.29 is 8.42 Å². The van der Waals surface area contributed by atoms with E-state index in [1.807, 2.05) is 6.92 Å². The Morgan fingerprint density at radius 3 is 2.60 bits per heavy atom. The van der Waals surface area contributed by atoms with Crippen molar-refractivity contribution in [2.45, 2.75) is 50.8 Å². The molecule has 0 saturated heterocycles. The maximum Gasteiger partial charge on any atom is 0.276 e. The Labute approximate surface area is 121 Å². The number of benzene rings is 1. The first-order chi connectivity index (χ1) is 9.53. The molecule has 0 spiro atoms. The van der Waals surface area contributed by atoms with Crippen molar-refractivity contribution in [1.82, 2.24) is 4.83 Å². The van der Waals surface area contributed by atoms with Crippen LogP contribution in [0.2, 0.25) is 0 Å². The Kier molecular flexibility index (Phi) is 4.81. The van der Waals surface area contributed by atoms with Crippen LogP contribution in [0.3, 0.4) is 0 Å². The lowest BCUT2D eigenvalue weighted by molar-refractivity contribution is 0.510. The Balaban J connectivity index is 2.13. The molecule has 1 aromatic carbocycles. The fourth-order valence-electron chi connectivity index (χ4n) is 2.54. The van der Waals surface area contributed by atoms with Gasteiger partial charge in [-0.25, -0.2) is 4.83 Å². The van der Waals surface area contributed by atoms with E-state index in [4.69, 9.17) is 0 Å². The van der Waals surface area contributed by atoms with Gasteiger partial charge in [0.15, 0.2) is 0 Å². The van der Waals surface area contributed by atoms with Gasteiger partial charge in [-0.3, -0.25) is 0 Å². The molecule has 1 N–H and O–H groups in total. The van der Waals surface area contributed by atoms with E-state index in [1.165, 1.54) is 6.42 Å². The average molecular weight is 294 g/mol. The van der Waals surface area contributed by atoms with Crippen molar-refractivity contribution >= 4 is 15.7 Å². The van der Waals surface area contributed by atoms with Gasteiger partial charge in [0.05, 0.1) is 4.90 Å². The van der Waals surface area contributed by atoms with Crippen LogP contribution in [-0.4, -0.2) is 14.1 Å². The molecule has 0 aliphatic heterocycles. The molecular formula is C15H22N2O2S. The monoisotopic (exact) mass is 294 g/mol. The third-order valence-corrected chi connectivity index (χ3v) is 5.06. The Morgan fingerprint density at radius 2 is 1.95 bits per heavy atom. The maximum absolute atomic E-state index is 12.2. The summed E-state index contributed by atoms with van der Waals surface area (Å²) in [7, 11) is -3.55. The summed E-state index contributed by atoms with van der Waals surface area (Å²) in [5, 5.41) is 4.18. The lowest BCUT2D eigenvalue weighted by Crippen LogP contribution is -2.25. The van der Waals surface area contributed by atoms with E-state index < -0.39 is 10.0 Å². The normalized spacial score (nSPS) is 21.9. The minimum Gasteiger partial charge on any atom is -0.200 e. The Hall–Kier alpha value is -1.36. The number of nitrogens with one attached hydrogen (secondary N) is 1. The van der Waals surface area contributed by atoms with Gasteiger partial charge < -0.3 is 0 Å². The first-order valence-corrected chi connectivity index (χ1v) is 8.66. The molecule has 1 atom stereocenters. The van der Waals surface area contributed by atoms with Crippen LogP contribution in [0.15, 0.2) is 34.3 Å². The number of hydrogen-bond acceptors (Lipinski definition) is 3. The minimum absolute atomic E-state index is 0.260. The van der Waals surface area contributed by atoms with Gasteiger partial charge in [-0.2, -0.15) is 13.5 Å². The average Bonchev–Trinajstić information content (AvgIpc) is 2.46. The van der Waals surface area contributed by atoms with E-state index in [-0.39, 0.29) is 4.90 Å². The highest BCUT2D eigenvalue weighted by molar-refractivity contribution is 7.89. The largest absolute Gasteiger partial charge is 0.276 e. The molecule has 1 fully saturated rings. The third kappa shape index (κ3) is 3.60. The highest BCUT2D eigenvalue weighted by Gasteiger charge is 2.20. The van der Waals surface area contributed by atoms with Gasteiger partial charge in [0, 0.05) is 5.71 Å². The predicted molar refractivity (Wildman–Crippen MR) is 81.2 cm³/mol. The molecule has 2 rings (SSSR count). The fourth-order valence-corrected chi connectivity index (χ4v) is 3.38. The van der Waals surface area contributed by atoms with Gasteiger partial charge >= 0.3 is 0 Å². The summed E-state index contributed by atoms with van der Waals surface area (Å²) in [6, 6.07) is 6.79. The third-order valence-electron chi connectivity index (χ3n) is 3.84. The van der Waals surface area contributed by atoms with Crippen molar-refractivity contribution in [2.24, 2.45) is 11.0 Å². The van der Waals surface area contributed by atoms with Gasteiger partial charge in [-0.15, -0.1) is 0 Å². The van der Waals surface area contributed by atoms with Crippen LogP contribution < -0.4 is 4.83 Å². The zero-order valence-corrected chi connectivity index (χ0v) is 12.9. The van der Waals surface area contributed by atoms with Crippen molar-refractivity contribution in [3.8, 4) is 0 Å². The van der Waals surface area contributed by atoms with E-state index in [9.17, 15) is 8.42 Å². The fraction of sp³-hybridized carbons (Fsp3) is 0.533. The van der Waals surface area contributed by atoms with Gasteiger partial charge in [0.1, 0.15) is 0 Å². The Bertz CT molecular complexity index is 576. The lowest BCUT2D eigenvalue weighted by Gasteiger charge is -2.22. The number of nitrogens with zero attached hydrogens (tertiary/aromatic N) is 1. The number of sulfonamides is 1. The van der Waals surface area contributed by atoms with Gasteiger partial charge in [0.25, 0.3) is 10.0 Å². The first kappa shape index (κ1) is 15.0. The van der Waals surface area contributed by atoms with Crippen molar-refractivity contribution in [1.29, 1.82) is 0 Å². The summed E-state index contributed by atoms with van der Waals surface area (Å²) < 4.78 is 24.3. The van der Waals surface area contributed by atoms with Crippen molar-refractivity contribution in [3.05, 3.63) is 29.8 Å². The number of hydrazone groups is 1. The SMILES string of the molecule is CCC1CCCC/C1=N\NS(=O)(=O)c1ccc(C)cc1. The minimum atomic E-state index is -3.55. The van der Waals surface area contributed by atoms with E-state index in [0.717, 1.165) is 37.0 Å². The summed E-state index contributed by atoms with van der Waals surface area (Å²) in [5.41, 5.74) is 2.03. The molecule has 4 nitrogen and oxygen atoms in total. The molecule has 0 heterocycles. The van der Waals surface area contributed by atoms with Crippen LogP contribution >= 0.6 is 0 Å². The van der Waals surface area contributed by atoms with Crippen LogP contribution in [0.25, 0.3) is 0 Å². The van der Waals surface area contributed by atoms with E-state index in [1.54, 1.807) is 24.3 Å². The topological polar surface area (TPSA) is 58.5 Å². The zero-order chi connectivity index (χ0) is 14.6. The molecule has 5 heteroatoms. The van der Waals surface area contributed by atoms with Crippen LogP contribution in [0.4, 0.5) is 0 Å². The van der Waals surface area contributed by atoms with Crippen LogP contribution in [0.1, 0.15) is 44.6 Å². The molecule has 0 aromatic heterocycles. The zero-order valence-electron chi connectivity index (χ0n) is 12.1. The molecule has 20 heavy (non-hydrogen) atoms.